The predicted molar refractivity (Wildman–Crippen MR) is 75.2 cm³/mol. The van der Waals surface area contributed by atoms with Crippen molar-refractivity contribution < 1.29 is 4.74 Å². The molecule has 0 bridgehead atoms. The van der Waals surface area contributed by atoms with Gasteiger partial charge in [-0.1, -0.05) is 20.8 Å². The van der Waals surface area contributed by atoms with Gasteiger partial charge in [0.15, 0.2) is 5.75 Å². The molecule has 0 amide bonds. The molecule has 0 spiro atoms. The van der Waals surface area contributed by atoms with Crippen molar-refractivity contribution in [3.63, 3.8) is 0 Å². The molecule has 0 aliphatic carbocycles. The minimum absolute atomic E-state index is 0.0411. The lowest BCUT2D eigenvalue weighted by Gasteiger charge is -2.29. The fourth-order valence-corrected chi connectivity index (χ4v) is 2.72. The Kier molecular flexibility index (Phi) is 5.20. The maximum Gasteiger partial charge on any atom is 0.160 e. The van der Waals surface area contributed by atoms with Crippen LogP contribution in [0.4, 0.5) is 0 Å². The van der Waals surface area contributed by atoms with Crippen LogP contribution in [-0.2, 0) is 12.0 Å². The predicted octanol–water partition coefficient (Wildman–Crippen LogP) is 2.58. The van der Waals surface area contributed by atoms with E-state index in [1.807, 2.05) is 10.9 Å². The van der Waals surface area contributed by atoms with E-state index in [9.17, 15) is 0 Å². The summed E-state index contributed by atoms with van der Waals surface area (Å²) in [4.78, 5) is 0. The molecule has 104 valence electrons. The van der Waals surface area contributed by atoms with E-state index in [2.05, 4.69) is 45.0 Å². The Morgan fingerprint density at radius 3 is 2.61 bits per heavy atom. The van der Waals surface area contributed by atoms with E-state index in [1.165, 1.54) is 5.69 Å². The fourth-order valence-electron chi connectivity index (χ4n) is 2.72. The van der Waals surface area contributed by atoms with Crippen LogP contribution in [0.15, 0.2) is 6.20 Å². The molecule has 0 aliphatic heterocycles. The van der Waals surface area contributed by atoms with Gasteiger partial charge in [0.2, 0.25) is 0 Å². The van der Waals surface area contributed by atoms with Gasteiger partial charge in [-0.3, -0.25) is 4.68 Å². The lowest BCUT2D eigenvalue weighted by molar-refractivity contribution is 0.342. The summed E-state index contributed by atoms with van der Waals surface area (Å²) in [5.74, 6) is 0.894. The Hall–Kier alpha value is -1.03. The number of rotatable bonds is 7. The summed E-state index contributed by atoms with van der Waals surface area (Å²) in [6.07, 6.45) is 2.88. The van der Waals surface area contributed by atoms with Gasteiger partial charge in [0.1, 0.15) is 0 Å². The normalized spacial score (nSPS) is 13.7. The number of ether oxygens (including phenoxy) is 1. The summed E-state index contributed by atoms with van der Waals surface area (Å²) < 4.78 is 7.49. The third-order valence-electron chi connectivity index (χ3n) is 3.34. The second-order valence-electron chi connectivity index (χ2n) is 5.42. The number of nitrogens with one attached hydrogen (secondary N) is 1. The number of aromatic nitrogens is 2. The van der Waals surface area contributed by atoms with Gasteiger partial charge in [0, 0.05) is 18.0 Å². The molecule has 1 heterocycles. The molecule has 0 radical (unpaired) electrons. The van der Waals surface area contributed by atoms with E-state index in [0.717, 1.165) is 25.3 Å². The SMILES string of the molecule is CCNC(C)CC(C)(C)c1c(OC)cnn1CC. The topological polar surface area (TPSA) is 39.1 Å². The van der Waals surface area contributed by atoms with Gasteiger partial charge in [0.25, 0.3) is 0 Å². The number of methoxy groups -OCH3 is 1. The average molecular weight is 253 g/mol. The van der Waals surface area contributed by atoms with Crippen molar-refractivity contribution in [3.8, 4) is 5.75 Å². The van der Waals surface area contributed by atoms with Gasteiger partial charge in [-0.25, -0.2) is 0 Å². The van der Waals surface area contributed by atoms with Crippen LogP contribution in [0, 0.1) is 0 Å². The number of aryl methyl sites for hydroxylation is 1. The zero-order valence-electron chi connectivity index (χ0n) is 12.6. The van der Waals surface area contributed by atoms with Crippen LogP contribution in [0.5, 0.6) is 5.75 Å². The first-order valence-corrected chi connectivity index (χ1v) is 6.79. The van der Waals surface area contributed by atoms with Crippen molar-refractivity contribution in [1.29, 1.82) is 0 Å². The first kappa shape index (κ1) is 15.0. The van der Waals surface area contributed by atoms with Crippen LogP contribution in [-0.4, -0.2) is 29.5 Å². The molecule has 1 N–H and O–H groups in total. The zero-order chi connectivity index (χ0) is 13.8. The van der Waals surface area contributed by atoms with Crippen molar-refractivity contribution in [1.82, 2.24) is 15.1 Å². The van der Waals surface area contributed by atoms with Crippen molar-refractivity contribution in [3.05, 3.63) is 11.9 Å². The van der Waals surface area contributed by atoms with E-state index >= 15 is 0 Å². The second-order valence-corrected chi connectivity index (χ2v) is 5.42. The zero-order valence-corrected chi connectivity index (χ0v) is 12.6. The Morgan fingerprint density at radius 2 is 2.11 bits per heavy atom. The lowest BCUT2D eigenvalue weighted by Crippen LogP contribution is -2.34. The molecule has 0 saturated carbocycles. The fraction of sp³-hybridized carbons (Fsp3) is 0.786. The molecule has 4 heteroatoms. The lowest BCUT2D eigenvalue weighted by atomic mass is 9.82. The summed E-state index contributed by atoms with van der Waals surface area (Å²) in [5, 5.41) is 7.86. The van der Waals surface area contributed by atoms with Crippen molar-refractivity contribution in [2.45, 2.75) is 59.0 Å². The molecule has 18 heavy (non-hydrogen) atoms. The summed E-state index contributed by atoms with van der Waals surface area (Å²) >= 11 is 0. The minimum atomic E-state index is 0.0411. The standard InChI is InChI=1S/C14H27N3O/c1-7-15-11(3)9-14(4,5)13-12(18-6)10-16-17(13)8-2/h10-11,15H,7-9H2,1-6H3. The molecule has 1 unspecified atom stereocenters. The Bertz CT molecular complexity index is 350. The second kappa shape index (κ2) is 6.23. The van der Waals surface area contributed by atoms with E-state index < -0.39 is 0 Å². The Balaban J connectivity index is 2.98. The van der Waals surface area contributed by atoms with Gasteiger partial charge in [-0.05, 0) is 26.8 Å². The largest absolute Gasteiger partial charge is 0.493 e. The summed E-state index contributed by atoms with van der Waals surface area (Å²) in [6, 6.07) is 0.481. The van der Waals surface area contributed by atoms with Gasteiger partial charge in [-0.15, -0.1) is 0 Å². The van der Waals surface area contributed by atoms with Crippen molar-refractivity contribution >= 4 is 0 Å². The summed E-state index contributed by atoms with van der Waals surface area (Å²) in [7, 11) is 1.71. The first-order valence-electron chi connectivity index (χ1n) is 6.79. The highest BCUT2D eigenvalue weighted by Crippen LogP contribution is 2.35. The summed E-state index contributed by atoms with van der Waals surface area (Å²) in [6.45, 7) is 12.9. The Morgan fingerprint density at radius 1 is 1.44 bits per heavy atom. The minimum Gasteiger partial charge on any atom is -0.493 e. The molecule has 1 aromatic heterocycles. The van der Waals surface area contributed by atoms with Crippen LogP contribution in [0.2, 0.25) is 0 Å². The Labute approximate surface area is 111 Å². The highest BCUT2D eigenvalue weighted by atomic mass is 16.5. The third-order valence-corrected chi connectivity index (χ3v) is 3.34. The van der Waals surface area contributed by atoms with Crippen LogP contribution in [0.3, 0.4) is 0 Å². The van der Waals surface area contributed by atoms with Gasteiger partial charge < -0.3 is 10.1 Å². The van der Waals surface area contributed by atoms with Crippen LogP contribution in [0.25, 0.3) is 0 Å². The van der Waals surface area contributed by atoms with E-state index in [-0.39, 0.29) is 5.41 Å². The van der Waals surface area contributed by atoms with Crippen LogP contribution in [0.1, 0.15) is 46.7 Å². The van der Waals surface area contributed by atoms with Gasteiger partial charge >= 0.3 is 0 Å². The van der Waals surface area contributed by atoms with Crippen LogP contribution >= 0.6 is 0 Å². The number of hydrogen-bond acceptors (Lipinski definition) is 3. The summed E-state index contributed by atoms with van der Waals surface area (Å²) in [5.41, 5.74) is 1.23. The van der Waals surface area contributed by atoms with Crippen molar-refractivity contribution in [2.75, 3.05) is 13.7 Å². The molecule has 4 nitrogen and oxygen atoms in total. The molecule has 0 fully saturated rings. The molecule has 0 aliphatic rings. The average Bonchev–Trinajstić information content (AvgIpc) is 2.72. The molecular formula is C14H27N3O. The highest BCUT2D eigenvalue weighted by Gasteiger charge is 2.30. The van der Waals surface area contributed by atoms with Gasteiger partial charge in [0.05, 0.1) is 19.0 Å². The smallest absolute Gasteiger partial charge is 0.160 e. The van der Waals surface area contributed by atoms with Crippen molar-refractivity contribution in [2.24, 2.45) is 0 Å². The molecule has 1 aromatic rings. The molecule has 1 atom stereocenters. The van der Waals surface area contributed by atoms with E-state index in [4.69, 9.17) is 4.74 Å². The van der Waals surface area contributed by atoms with E-state index in [1.54, 1.807) is 7.11 Å². The number of nitrogens with zero attached hydrogens (tertiary/aromatic N) is 2. The molecular weight excluding hydrogens is 226 g/mol. The monoisotopic (exact) mass is 253 g/mol. The van der Waals surface area contributed by atoms with E-state index in [0.29, 0.717) is 6.04 Å². The van der Waals surface area contributed by atoms with Gasteiger partial charge in [-0.2, -0.15) is 5.10 Å². The maximum absolute atomic E-state index is 5.45. The highest BCUT2D eigenvalue weighted by molar-refractivity contribution is 5.32. The van der Waals surface area contributed by atoms with Crippen LogP contribution < -0.4 is 10.1 Å². The molecule has 0 saturated heterocycles. The first-order chi connectivity index (χ1) is 8.46. The molecule has 1 rings (SSSR count). The quantitative estimate of drug-likeness (QED) is 0.812. The third kappa shape index (κ3) is 3.25. The number of hydrogen-bond donors (Lipinski definition) is 1. The molecule has 0 aromatic carbocycles. The maximum atomic E-state index is 5.45.